The molecule has 0 spiro atoms. The lowest BCUT2D eigenvalue weighted by Gasteiger charge is -2.19. The lowest BCUT2D eigenvalue weighted by molar-refractivity contribution is -0.136. The van der Waals surface area contributed by atoms with Crippen LogP contribution in [0.25, 0.3) is 0 Å². The highest BCUT2D eigenvalue weighted by Gasteiger charge is 2.28. The van der Waals surface area contributed by atoms with Crippen LogP contribution in [-0.2, 0) is 0 Å². The lowest BCUT2D eigenvalue weighted by Crippen LogP contribution is -2.31. The fourth-order valence-corrected chi connectivity index (χ4v) is 2.00. The Morgan fingerprint density at radius 2 is 2.00 bits per heavy atom. The zero-order valence-corrected chi connectivity index (χ0v) is 12.2. The maximum Gasteiger partial charge on any atom is 0.390 e. The van der Waals surface area contributed by atoms with Crippen LogP contribution < -0.4 is 0 Å². The first kappa shape index (κ1) is 15.3. The first-order valence-electron chi connectivity index (χ1n) is 5.29. The minimum Gasteiger partial charge on any atom is -0.341 e. The van der Waals surface area contributed by atoms with Crippen LogP contribution >= 0.6 is 22.6 Å². The summed E-state index contributed by atoms with van der Waals surface area (Å²) in [7, 11) is 1.38. The largest absolute Gasteiger partial charge is 0.390 e. The Hall–Kier alpha value is -0.790. The number of rotatable bonds is 3. The van der Waals surface area contributed by atoms with Crippen molar-refractivity contribution in [2.45, 2.75) is 19.5 Å². The molecule has 0 saturated carbocycles. The Morgan fingerprint density at radius 3 is 2.56 bits per heavy atom. The van der Waals surface area contributed by atoms with E-state index in [0.29, 0.717) is 5.56 Å². The fourth-order valence-electron chi connectivity index (χ4n) is 1.41. The third-order valence-corrected chi connectivity index (χ3v) is 3.93. The van der Waals surface area contributed by atoms with Crippen LogP contribution in [0.1, 0.15) is 22.3 Å². The summed E-state index contributed by atoms with van der Waals surface area (Å²) in [6.45, 7) is 1.53. The van der Waals surface area contributed by atoms with Crippen molar-refractivity contribution in [1.82, 2.24) is 4.90 Å². The second-order valence-corrected chi connectivity index (χ2v) is 5.11. The summed E-state index contributed by atoms with van der Waals surface area (Å²) in [5, 5.41) is 0. The number of aryl methyl sites for hydroxylation is 1. The van der Waals surface area contributed by atoms with Crippen LogP contribution in [0.3, 0.4) is 0 Å². The maximum atomic E-state index is 12.1. The van der Waals surface area contributed by atoms with Gasteiger partial charge in [0.15, 0.2) is 0 Å². The summed E-state index contributed by atoms with van der Waals surface area (Å²) in [6.07, 6.45) is -5.23. The molecule has 0 radical (unpaired) electrons. The lowest BCUT2D eigenvalue weighted by atomic mass is 10.1. The smallest absolute Gasteiger partial charge is 0.341 e. The molecule has 100 valence electrons. The fraction of sp³-hybridized carbons (Fsp3) is 0.417. The van der Waals surface area contributed by atoms with Gasteiger partial charge in [-0.05, 0) is 41.1 Å². The van der Waals surface area contributed by atoms with E-state index in [0.717, 1.165) is 14.0 Å². The van der Waals surface area contributed by atoms with E-state index < -0.39 is 12.6 Å². The van der Waals surface area contributed by atoms with Gasteiger partial charge in [0.2, 0.25) is 0 Å². The van der Waals surface area contributed by atoms with Gasteiger partial charge in [-0.2, -0.15) is 13.2 Å². The van der Waals surface area contributed by atoms with Gasteiger partial charge in [0.05, 0.1) is 12.0 Å². The molecule has 0 bridgehead atoms. The van der Waals surface area contributed by atoms with Crippen LogP contribution in [0.5, 0.6) is 0 Å². The molecule has 0 atom stereocenters. The molecule has 0 fully saturated rings. The van der Waals surface area contributed by atoms with Crippen molar-refractivity contribution in [3.63, 3.8) is 0 Å². The summed E-state index contributed by atoms with van der Waals surface area (Å²) >= 11 is 2.03. The van der Waals surface area contributed by atoms with E-state index in [-0.39, 0.29) is 12.5 Å². The normalized spacial score (nSPS) is 11.4. The zero-order chi connectivity index (χ0) is 13.9. The number of nitrogens with zero attached hydrogens (tertiary/aromatic N) is 1. The summed E-state index contributed by atoms with van der Waals surface area (Å²) in [6, 6.07) is 5.21. The molecule has 2 nitrogen and oxygen atoms in total. The maximum absolute atomic E-state index is 12.1. The quantitative estimate of drug-likeness (QED) is 0.744. The number of halogens is 4. The van der Waals surface area contributed by atoms with Crippen molar-refractivity contribution in [2.24, 2.45) is 0 Å². The summed E-state index contributed by atoms with van der Waals surface area (Å²) < 4.78 is 37.0. The molecule has 0 aliphatic heterocycles. The summed E-state index contributed by atoms with van der Waals surface area (Å²) in [5.74, 6) is -0.382. The molecule has 1 amide bonds. The van der Waals surface area contributed by atoms with Gasteiger partial charge in [-0.1, -0.05) is 12.1 Å². The Labute approximate surface area is 117 Å². The molecule has 18 heavy (non-hydrogen) atoms. The first-order chi connectivity index (χ1) is 8.22. The predicted molar refractivity (Wildman–Crippen MR) is 71.5 cm³/mol. The molecule has 1 rings (SSSR count). The molecule has 0 aliphatic carbocycles. The van der Waals surface area contributed by atoms with Gasteiger partial charge in [-0.15, -0.1) is 0 Å². The van der Waals surface area contributed by atoms with Gasteiger partial charge in [-0.3, -0.25) is 4.79 Å². The van der Waals surface area contributed by atoms with E-state index >= 15 is 0 Å². The summed E-state index contributed by atoms with van der Waals surface area (Å²) in [4.78, 5) is 13.1. The third-order valence-electron chi connectivity index (χ3n) is 2.50. The number of amides is 1. The Morgan fingerprint density at radius 1 is 1.39 bits per heavy atom. The van der Waals surface area contributed by atoms with Crippen molar-refractivity contribution >= 4 is 28.5 Å². The third kappa shape index (κ3) is 4.15. The second-order valence-electron chi connectivity index (χ2n) is 4.03. The van der Waals surface area contributed by atoms with Crippen molar-refractivity contribution in [3.8, 4) is 0 Å². The molecule has 0 saturated heterocycles. The highest BCUT2D eigenvalue weighted by molar-refractivity contribution is 14.1. The molecule has 0 heterocycles. The van der Waals surface area contributed by atoms with E-state index in [9.17, 15) is 18.0 Å². The van der Waals surface area contributed by atoms with Crippen LogP contribution in [0, 0.1) is 10.5 Å². The topological polar surface area (TPSA) is 20.3 Å². The molecular formula is C12H13F3INO. The van der Waals surface area contributed by atoms with Crippen LogP contribution in [0.4, 0.5) is 13.2 Å². The van der Waals surface area contributed by atoms with Crippen LogP contribution in [0.2, 0.25) is 0 Å². The van der Waals surface area contributed by atoms with Crippen molar-refractivity contribution in [1.29, 1.82) is 0 Å². The van der Waals surface area contributed by atoms with Crippen molar-refractivity contribution in [2.75, 3.05) is 13.6 Å². The van der Waals surface area contributed by atoms with Gasteiger partial charge in [-0.25, -0.2) is 0 Å². The Bertz CT molecular complexity index is 445. The van der Waals surface area contributed by atoms with E-state index in [1.54, 1.807) is 12.1 Å². The molecule has 0 unspecified atom stereocenters. The molecule has 6 heteroatoms. The Kier molecular flexibility index (Phi) is 5.01. The Balaban J connectivity index is 2.78. The highest BCUT2D eigenvalue weighted by Crippen LogP contribution is 2.21. The summed E-state index contributed by atoms with van der Waals surface area (Å²) in [5.41, 5.74) is 1.38. The van der Waals surface area contributed by atoms with Crippen LogP contribution in [0.15, 0.2) is 18.2 Å². The first-order valence-corrected chi connectivity index (χ1v) is 6.37. The molecule has 0 aliphatic rings. The number of carbonyl (C=O) groups excluding carboxylic acids is 1. The minimum absolute atomic E-state index is 0.327. The van der Waals surface area contributed by atoms with Gasteiger partial charge < -0.3 is 4.90 Å². The monoisotopic (exact) mass is 371 g/mol. The predicted octanol–water partition coefficient (Wildman–Crippen LogP) is 3.62. The van der Waals surface area contributed by atoms with E-state index in [2.05, 4.69) is 0 Å². The number of alkyl halides is 3. The molecular weight excluding hydrogens is 358 g/mol. The number of hydrogen-bond acceptors (Lipinski definition) is 1. The van der Waals surface area contributed by atoms with E-state index in [1.807, 2.05) is 35.6 Å². The molecule has 0 N–H and O–H groups in total. The number of hydrogen-bond donors (Lipinski definition) is 0. The zero-order valence-electron chi connectivity index (χ0n) is 10.0. The van der Waals surface area contributed by atoms with Crippen molar-refractivity contribution < 1.29 is 18.0 Å². The van der Waals surface area contributed by atoms with Gasteiger partial charge in [0.1, 0.15) is 0 Å². The minimum atomic E-state index is -4.24. The van der Waals surface area contributed by atoms with Gasteiger partial charge in [0, 0.05) is 17.2 Å². The van der Waals surface area contributed by atoms with E-state index in [4.69, 9.17) is 0 Å². The highest BCUT2D eigenvalue weighted by atomic mass is 127. The number of benzene rings is 1. The van der Waals surface area contributed by atoms with Gasteiger partial charge in [0.25, 0.3) is 5.91 Å². The van der Waals surface area contributed by atoms with Crippen LogP contribution in [-0.4, -0.2) is 30.6 Å². The second kappa shape index (κ2) is 5.90. The molecule has 0 aromatic heterocycles. The average molecular weight is 371 g/mol. The van der Waals surface area contributed by atoms with Crippen molar-refractivity contribution in [3.05, 3.63) is 32.9 Å². The standard InChI is InChI=1S/C12H13F3INO/c1-8-4-3-5-9(10(8)16)11(18)17(2)7-6-12(13,14)15/h3-5H,6-7H2,1-2H3. The van der Waals surface area contributed by atoms with Gasteiger partial charge >= 0.3 is 6.18 Å². The molecule has 1 aromatic rings. The van der Waals surface area contributed by atoms with E-state index in [1.165, 1.54) is 7.05 Å². The molecule has 1 aromatic carbocycles. The SMILES string of the molecule is Cc1cccc(C(=O)N(C)CCC(F)(F)F)c1I. The average Bonchev–Trinajstić information content (AvgIpc) is 2.28. The number of carbonyl (C=O) groups is 1.